The molecule has 1 fully saturated rings. The van der Waals surface area contributed by atoms with Crippen molar-refractivity contribution in [3.63, 3.8) is 0 Å². The Labute approximate surface area is 130 Å². The summed E-state index contributed by atoms with van der Waals surface area (Å²) in [7, 11) is 0. The van der Waals surface area contributed by atoms with Gasteiger partial charge in [-0.15, -0.1) is 0 Å². The summed E-state index contributed by atoms with van der Waals surface area (Å²) in [5.41, 5.74) is 7.09. The number of carbonyl (C=O) groups excluding carboxylic acids is 1. The summed E-state index contributed by atoms with van der Waals surface area (Å²) in [6.45, 7) is 5.88. The second-order valence-electron chi connectivity index (χ2n) is 6.28. The third kappa shape index (κ3) is 2.64. The number of rotatable bonds is 3. The minimum Gasteiger partial charge on any atom is -0.441 e. The van der Waals surface area contributed by atoms with Gasteiger partial charge in [-0.05, 0) is 37.4 Å². The molecule has 1 aromatic heterocycles. The van der Waals surface area contributed by atoms with Gasteiger partial charge in [0.1, 0.15) is 5.76 Å². The molecule has 0 spiro atoms. The van der Waals surface area contributed by atoms with Gasteiger partial charge in [0.25, 0.3) is 5.91 Å². The minimum atomic E-state index is -0.0689. The van der Waals surface area contributed by atoms with E-state index in [2.05, 4.69) is 11.9 Å². The lowest BCUT2D eigenvalue weighted by atomic mass is 9.90. The van der Waals surface area contributed by atoms with Crippen molar-refractivity contribution in [1.29, 1.82) is 0 Å². The van der Waals surface area contributed by atoms with Crippen molar-refractivity contribution in [3.8, 4) is 11.5 Å². The van der Waals surface area contributed by atoms with E-state index in [9.17, 15) is 4.79 Å². The lowest BCUT2D eigenvalue weighted by Crippen LogP contribution is -2.34. The van der Waals surface area contributed by atoms with Gasteiger partial charge >= 0.3 is 0 Å². The van der Waals surface area contributed by atoms with E-state index >= 15 is 0 Å². The first-order valence-corrected chi connectivity index (χ1v) is 7.55. The Bertz CT molecular complexity index is 680. The monoisotopic (exact) mass is 299 g/mol. The number of hydrogen-bond acceptors (Lipinski definition) is 4. The Hall–Kier alpha value is -2.14. The van der Waals surface area contributed by atoms with Gasteiger partial charge in [-0.25, -0.2) is 4.98 Å². The first-order chi connectivity index (χ1) is 10.5. The van der Waals surface area contributed by atoms with E-state index in [1.807, 2.05) is 35.2 Å². The predicted molar refractivity (Wildman–Crippen MR) is 84.4 cm³/mol. The Kier molecular flexibility index (Phi) is 3.74. The zero-order valence-electron chi connectivity index (χ0n) is 13.0. The van der Waals surface area contributed by atoms with Gasteiger partial charge in [-0.2, -0.15) is 0 Å². The normalized spacial score (nSPS) is 21.3. The molecule has 1 atom stereocenters. The van der Waals surface area contributed by atoms with Crippen molar-refractivity contribution in [2.75, 3.05) is 19.6 Å². The summed E-state index contributed by atoms with van der Waals surface area (Å²) in [6.07, 6.45) is 0.928. The largest absolute Gasteiger partial charge is 0.441 e. The van der Waals surface area contributed by atoms with E-state index in [0.717, 1.165) is 18.5 Å². The molecule has 0 aliphatic carbocycles. The van der Waals surface area contributed by atoms with Gasteiger partial charge in [0.05, 0.1) is 0 Å². The second kappa shape index (κ2) is 5.57. The van der Waals surface area contributed by atoms with Crippen LogP contribution in [0.4, 0.5) is 0 Å². The van der Waals surface area contributed by atoms with Crippen molar-refractivity contribution in [2.24, 2.45) is 11.1 Å². The van der Waals surface area contributed by atoms with Crippen LogP contribution in [-0.2, 0) is 0 Å². The number of aromatic nitrogens is 1. The Morgan fingerprint density at radius 1 is 1.41 bits per heavy atom. The molecule has 0 bridgehead atoms. The molecule has 2 heterocycles. The molecule has 5 nitrogen and oxygen atoms in total. The van der Waals surface area contributed by atoms with Crippen LogP contribution in [-0.4, -0.2) is 35.4 Å². The average molecular weight is 299 g/mol. The summed E-state index contributed by atoms with van der Waals surface area (Å²) in [5, 5.41) is 0. The number of carbonyl (C=O) groups is 1. The molecule has 1 unspecified atom stereocenters. The quantitative estimate of drug-likeness (QED) is 0.945. The Balaban J connectivity index is 1.84. The maximum absolute atomic E-state index is 12.7. The summed E-state index contributed by atoms with van der Waals surface area (Å²) in [5.74, 6) is 0.980. The molecule has 22 heavy (non-hydrogen) atoms. The highest BCUT2D eigenvalue weighted by Gasteiger charge is 2.36. The van der Waals surface area contributed by atoms with Crippen LogP contribution in [0.15, 0.2) is 34.7 Å². The molecular weight excluding hydrogens is 278 g/mol. The van der Waals surface area contributed by atoms with E-state index in [1.165, 1.54) is 0 Å². The SMILES string of the molecule is Cc1oc(-c2ccccc2)nc1C(=O)N1CCC(C)(CN)C1. The van der Waals surface area contributed by atoms with E-state index in [-0.39, 0.29) is 11.3 Å². The van der Waals surface area contributed by atoms with Crippen LogP contribution in [0.2, 0.25) is 0 Å². The van der Waals surface area contributed by atoms with Crippen LogP contribution >= 0.6 is 0 Å². The van der Waals surface area contributed by atoms with Crippen LogP contribution < -0.4 is 5.73 Å². The van der Waals surface area contributed by atoms with Crippen molar-refractivity contribution in [3.05, 3.63) is 41.8 Å². The standard InChI is InChI=1S/C17H21N3O2/c1-12-14(16(21)20-9-8-17(2,10-18)11-20)19-15(22-12)13-6-4-3-5-7-13/h3-7H,8-11,18H2,1-2H3. The number of nitrogens with zero attached hydrogens (tertiary/aromatic N) is 2. The summed E-state index contributed by atoms with van der Waals surface area (Å²) >= 11 is 0. The molecule has 1 amide bonds. The van der Waals surface area contributed by atoms with Crippen molar-refractivity contribution in [1.82, 2.24) is 9.88 Å². The van der Waals surface area contributed by atoms with E-state index in [0.29, 0.717) is 30.4 Å². The summed E-state index contributed by atoms with van der Waals surface area (Å²) in [6, 6.07) is 9.61. The number of oxazole rings is 1. The smallest absolute Gasteiger partial charge is 0.276 e. The number of amides is 1. The third-order valence-corrected chi connectivity index (χ3v) is 4.36. The van der Waals surface area contributed by atoms with E-state index in [4.69, 9.17) is 10.2 Å². The van der Waals surface area contributed by atoms with Crippen molar-refractivity contribution in [2.45, 2.75) is 20.3 Å². The second-order valence-corrected chi connectivity index (χ2v) is 6.28. The van der Waals surface area contributed by atoms with Gasteiger partial charge in [0.15, 0.2) is 5.69 Å². The molecule has 1 aromatic carbocycles. The number of benzene rings is 1. The Morgan fingerprint density at radius 2 is 2.14 bits per heavy atom. The molecule has 0 saturated carbocycles. The zero-order valence-corrected chi connectivity index (χ0v) is 13.0. The molecular formula is C17H21N3O2. The fourth-order valence-electron chi connectivity index (χ4n) is 2.81. The van der Waals surface area contributed by atoms with Crippen LogP contribution in [0.5, 0.6) is 0 Å². The van der Waals surface area contributed by atoms with Crippen molar-refractivity contribution < 1.29 is 9.21 Å². The lowest BCUT2D eigenvalue weighted by molar-refractivity contribution is 0.0770. The maximum atomic E-state index is 12.7. The predicted octanol–water partition coefficient (Wildman–Crippen LogP) is 2.46. The first-order valence-electron chi connectivity index (χ1n) is 7.55. The van der Waals surface area contributed by atoms with Crippen molar-refractivity contribution >= 4 is 5.91 Å². The number of hydrogen-bond donors (Lipinski definition) is 1. The van der Waals surface area contributed by atoms with Crippen LogP contribution in [0.25, 0.3) is 11.5 Å². The summed E-state index contributed by atoms with van der Waals surface area (Å²) < 4.78 is 5.68. The van der Waals surface area contributed by atoms with Gasteiger partial charge in [0.2, 0.25) is 5.89 Å². The number of nitrogens with two attached hydrogens (primary N) is 1. The fraction of sp³-hybridized carbons (Fsp3) is 0.412. The minimum absolute atomic E-state index is 0.00948. The number of aryl methyl sites for hydroxylation is 1. The van der Waals surface area contributed by atoms with Gasteiger partial charge in [-0.1, -0.05) is 25.1 Å². The molecule has 2 N–H and O–H groups in total. The Morgan fingerprint density at radius 3 is 2.77 bits per heavy atom. The maximum Gasteiger partial charge on any atom is 0.276 e. The zero-order chi connectivity index (χ0) is 15.7. The topological polar surface area (TPSA) is 72.4 Å². The molecule has 2 aromatic rings. The molecule has 1 saturated heterocycles. The molecule has 1 aliphatic heterocycles. The van der Waals surface area contributed by atoms with Crippen LogP contribution in [0, 0.1) is 12.3 Å². The fourth-order valence-corrected chi connectivity index (χ4v) is 2.81. The molecule has 3 rings (SSSR count). The molecule has 0 radical (unpaired) electrons. The van der Waals surface area contributed by atoms with Crippen LogP contribution in [0.3, 0.4) is 0 Å². The highest BCUT2D eigenvalue weighted by atomic mass is 16.4. The average Bonchev–Trinajstić information content (AvgIpc) is 3.12. The van der Waals surface area contributed by atoms with E-state index < -0.39 is 0 Å². The molecule has 1 aliphatic rings. The van der Waals surface area contributed by atoms with Gasteiger partial charge < -0.3 is 15.1 Å². The lowest BCUT2D eigenvalue weighted by Gasteiger charge is -2.22. The molecule has 116 valence electrons. The van der Waals surface area contributed by atoms with E-state index in [1.54, 1.807) is 6.92 Å². The first kappa shape index (κ1) is 14.8. The number of likely N-dealkylation sites (tertiary alicyclic amines) is 1. The van der Waals surface area contributed by atoms with Gasteiger partial charge in [0, 0.05) is 18.7 Å². The third-order valence-electron chi connectivity index (χ3n) is 4.36. The summed E-state index contributed by atoms with van der Waals surface area (Å²) in [4.78, 5) is 18.9. The highest BCUT2D eigenvalue weighted by Crippen LogP contribution is 2.30. The molecule has 5 heteroatoms. The van der Waals surface area contributed by atoms with Gasteiger partial charge in [-0.3, -0.25) is 4.79 Å². The highest BCUT2D eigenvalue weighted by molar-refractivity contribution is 5.94. The van der Waals surface area contributed by atoms with Crippen LogP contribution in [0.1, 0.15) is 29.6 Å².